The molecule has 1 aliphatic heterocycles. The Morgan fingerprint density at radius 3 is 2.69 bits per heavy atom. The first-order valence-corrected chi connectivity index (χ1v) is 9.66. The maximum absolute atomic E-state index is 6.70. The number of hydrogen-bond donors (Lipinski definition) is 0. The highest BCUT2D eigenvalue weighted by Gasteiger charge is 2.41. The lowest BCUT2D eigenvalue weighted by molar-refractivity contribution is -0.0137. The van der Waals surface area contributed by atoms with Gasteiger partial charge in [0.05, 0.1) is 12.0 Å². The van der Waals surface area contributed by atoms with Gasteiger partial charge >= 0.3 is 0 Å². The molecule has 0 saturated heterocycles. The van der Waals surface area contributed by atoms with Crippen molar-refractivity contribution in [3.63, 3.8) is 0 Å². The minimum absolute atomic E-state index is 0.0755. The van der Waals surface area contributed by atoms with Crippen LogP contribution in [0.4, 0.5) is 0 Å². The van der Waals surface area contributed by atoms with E-state index in [0.717, 1.165) is 43.9 Å². The van der Waals surface area contributed by atoms with Gasteiger partial charge in [0.1, 0.15) is 11.4 Å². The van der Waals surface area contributed by atoms with Gasteiger partial charge in [-0.1, -0.05) is 18.2 Å². The average Bonchev–Trinajstić information content (AvgIpc) is 2.94. The standard InChI is InChI=1S/C21H30N4O/c1-23(2)19-8-10-21(11-9-19)15-25(14-18-13-24(3)16-22-18)12-17-6-4-5-7-20(17)26-21/h4-7,13,16,19H,8-12,14-15H2,1-3H3. The fourth-order valence-electron chi connectivity index (χ4n) is 4.50. The molecule has 0 unspecified atom stereocenters. The Bertz CT molecular complexity index is 746. The van der Waals surface area contributed by atoms with Crippen LogP contribution in [0.5, 0.6) is 5.75 Å². The van der Waals surface area contributed by atoms with Gasteiger partial charge in [0, 0.05) is 44.5 Å². The normalized spacial score (nSPS) is 26.5. The van der Waals surface area contributed by atoms with E-state index in [1.54, 1.807) is 0 Å². The van der Waals surface area contributed by atoms with Gasteiger partial charge in [-0.05, 0) is 45.8 Å². The Morgan fingerprint density at radius 2 is 2.00 bits per heavy atom. The fourth-order valence-corrected chi connectivity index (χ4v) is 4.50. The van der Waals surface area contributed by atoms with Crippen molar-refractivity contribution >= 4 is 0 Å². The second-order valence-corrected chi connectivity index (χ2v) is 8.26. The summed E-state index contributed by atoms with van der Waals surface area (Å²) < 4.78 is 8.72. The molecule has 1 aromatic heterocycles. The molecule has 0 bridgehead atoms. The van der Waals surface area contributed by atoms with Crippen LogP contribution in [0, 0.1) is 0 Å². The summed E-state index contributed by atoms with van der Waals surface area (Å²) in [7, 11) is 6.42. The zero-order chi connectivity index (χ0) is 18.1. The number of ether oxygens (including phenoxy) is 1. The molecule has 1 aromatic carbocycles. The summed E-state index contributed by atoms with van der Waals surface area (Å²) in [6.45, 7) is 2.77. The first kappa shape index (κ1) is 17.6. The molecule has 0 atom stereocenters. The van der Waals surface area contributed by atoms with Gasteiger partial charge in [-0.3, -0.25) is 4.90 Å². The number of aryl methyl sites for hydroxylation is 1. The van der Waals surface area contributed by atoms with Crippen molar-refractivity contribution in [2.24, 2.45) is 7.05 Å². The van der Waals surface area contributed by atoms with Crippen molar-refractivity contribution in [3.05, 3.63) is 48.0 Å². The van der Waals surface area contributed by atoms with Crippen LogP contribution < -0.4 is 4.74 Å². The Morgan fingerprint density at radius 1 is 1.23 bits per heavy atom. The lowest BCUT2D eigenvalue weighted by atomic mass is 9.81. The minimum Gasteiger partial charge on any atom is -0.486 e. The molecule has 5 nitrogen and oxygen atoms in total. The smallest absolute Gasteiger partial charge is 0.124 e. The minimum atomic E-state index is -0.0755. The van der Waals surface area contributed by atoms with Crippen LogP contribution in [0.1, 0.15) is 36.9 Å². The maximum Gasteiger partial charge on any atom is 0.124 e. The van der Waals surface area contributed by atoms with E-state index in [4.69, 9.17) is 4.74 Å². The first-order valence-electron chi connectivity index (χ1n) is 9.66. The summed E-state index contributed by atoms with van der Waals surface area (Å²) in [5.41, 5.74) is 2.34. The molecule has 1 spiro atoms. The number of para-hydroxylation sites is 1. The zero-order valence-corrected chi connectivity index (χ0v) is 16.2. The molecule has 2 heterocycles. The van der Waals surface area contributed by atoms with E-state index in [1.165, 1.54) is 18.4 Å². The van der Waals surface area contributed by atoms with Crippen LogP contribution in [0.15, 0.2) is 36.8 Å². The summed E-state index contributed by atoms with van der Waals surface area (Å²) in [4.78, 5) is 9.42. The summed E-state index contributed by atoms with van der Waals surface area (Å²) in [6, 6.07) is 9.21. The highest BCUT2D eigenvalue weighted by atomic mass is 16.5. The third-order valence-corrected chi connectivity index (χ3v) is 5.95. The van der Waals surface area contributed by atoms with Crippen LogP contribution in [0.25, 0.3) is 0 Å². The van der Waals surface area contributed by atoms with E-state index in [-0.39, 0.29) is 5.60 Å². The summed E-state index contributed by atoms with van der Waals surface area (Å²) >= 11 is 0. The van der Waals surface area contributed by atoms with Crippen LogP contribution >= 0.6 is 0 Å². The molecule has 1 saturated carbocycles. The molecule has 5 heteroatoms. The van der Waals surface area contributed by atoms with E-state index in [1.807, 2.05) is 17.9 Å². The van der Waals surface area contributed by atoms with Gasteiger partial charge in [-0.2, -0.15) is 0 Å². The predicted molar refractivity (Wildman–Crippen MR) is 103 cm³/mol. The molecule has 4 rings (SSSR count). The van der Waals surface area contributed by atoms with Crippen LogP contribution in [0.2, 0.25) is 0 Å². The third-order valence-electron chi connectivity index (χ3n) is 5.95. The van der Waals surface area contributed by atoms with Gasteiger partial charge in [0.25, 0.3) is 0 Å². The molecule has 0 amide bonds. The molecule has 2 aromatic rings. The molecule has 2 aliphatic rings. The van der Waals surface area contributed by atoms with Crippen molar-refractivity contribution in [1.82, 2.24) is 19.4 Å². The van der Waals surface area contributed by atoms with Crippen molar-refractivity contribution in [2.45, 2.75) is 50.4 Å². The molecule has 0 N–H and O–H groups in total. The second-order valence-electron chi connectivity index (χ2n) is 8.26. The number of benzene rings is 1. The maximum atomic E-state index is 6.70. The van der Waals surface area contributed by atoms with Crippen molar-refractivity contribution in [3.8, 4) is 5.75 Å². The lowest BCUT2D eigenvalue weighted by Crippen LogP contribution is -2.50. The number of rotatable bonds is 3. The molecular weight excluding hydrogens is 324 g/mol. The van der Waals surface area contributed by atoms with Crippen molar-refractivity contribution in [1.29, 1.82) is 0 Å². The Kier molecular flexibility index (Phi) is 4.76. The quantitative estimate of drug-likeness (QED) is 0.848. The Balaban J connectivity index is 1.58. The Hall–Kier alpha value is -1.85. The van der Waals surface area contributed by atoms with E-state index < -0.39 is 0 Å². The van der Waals surface area contributed by atoms with Crippen molar-refractivity contribution < 1.29 is 4.74 Å². The van der Waals surface area contributed by atoms with Gasteiger partial charge < -0.3 is 14.2 Å². The number of nitrogens with zero attached hydrogens (tertiary/aromatic N) is 4. The monoisotopic (exact) mass is 354 g/mol. The number of imidazole rings is 1. The summed E-state index contributed by atoms with van der Waals surface area (Å²) in [5.74, 6) is 1.07. The summed E-state index contributed by atoms with van der Waals surface area (Å²) in [6.07, 6.45) is 8.63. The largest absolute Gasteiger partial charge is 0.486 e. The molecular formula is C21H30N4O. The topological polar surface area (TPSA) is 33.5 Å². The predicted octanol–water partition coefficient (Wildman–Crippen LogP) is 3.06. The fraction of sp³-hybridized carbons (Fsp3) is 0.571. The zero-order valence-electron chi connectivity index (χ0n) is 16.2. The Labute approximate surface area is 156 Å². The molecule has 0 radical (unpaired) electrons. The number of aromatic nitrogens is 2. The van der Waals surface area contributed by atoms with E-state index in [0.29, 0.717) is 6.04 Å². The van der Waals surface area contributed by atoms with E-state index >= 15 is 0 Å². The molecule has 26 heavy (non-hydrogen) atoms. The van der Waals surface area contributed by atoms with Gasteiger partial charge in [-0.25, -0.2) is 4.98 Å². The van der Waals surface area contributed by atoms with E-state index in [9.17, 15) is 0 Å². The molecule has 1 aliphatic carbocycles. The average molecular weight is 354 g/mol. The lowest BCUT2D eigenvalue weighted by Gasteiger charge is -2.43. The second kappa shape index (κ2) is 7.05. The van der Waals surface area contributed by atoms with E-state index in [2.05, 4.69) is 59.3 Å². The highest BCUT2D eigenvalue weighted by molar-refractivity contribution is 5.35. The van der Waals surface area contributed by atoms with Gasteiger partial charge in [0.15, 0.2) is 0 Å². The SMILES string of the molecule is CN(C)C1CCC2(CC1)CN(Cc1cn(C)cn1)Cc1ccccc1O2. The molecule has 1 fully saturated rings. The molecule has 140 valence electrons. The van der Waals surface area contributed by atoms with Gasteiger partial charge in [0.2, 0.25) is 0 Å². The van der Waals surface area contributed by atoms with Crippen LogP contribution in [0.3, 0.4) is 0 Å². The van der Waals surface area contributed by atoms with Gasteiger partial charge in [-0.15, -0.1) is 0 Å². The van der Waals surface area contributed by atoms with Crippen molar-refractivity contribution in [2.75, 3.05) is 20.6 Å². The summed E-state index contributed by atoms with van der Waals surface area (Å²) in [5, 5.41) is 0. The number of hydrogen-bond acceptors (Lipinski definition) is 4. The van der Waals surface area contributed by atoms with Crippen LogP contribution in [-0.4, -0.2) is 51.6 Å². The highest BCUT2D eigenvalue weighted by Crippen LogP contribution is 2.39. The third kappa shape index (κ3) is 3.64. The van der Waals surface area contributed by atoms with Crippen LogP contribution in [-0.2, 0) is 20.1 Å². The number of fused-ring (bicyclic) bond motifs is 1. The first-order chi connectivity index (χ1) is 12.5.